The maximum atomic E-state index is 12.0. The van der Waals surface area contributed by atoms with E-state index in [4.69, 9.17) is 9.47 Å². The molecule has 2 unspecified atom stereocenters. The number of hydrogen-bond donors (Lipinski definition) is 1. The highest BCUT2D eigenvalue weighted by atomic mass is 16.5. The molecule has 0 saturated carbocycles. The van der Waals surface area contributed by atoms with Crippen molar-refractivity contribution < 1.29 is 14.3 Å². The summed E-state index contributed by atoms with van der Waals surface area (Å²) in [6, 6.07) is 0. The van der Waals surface area contributed by atoms with Crippen molar-refractivity contribution in [3.8, 4) is 0 Å². The van der Waals surface area contributed by atoms with Crippen molar-refractivity contribution in [3.63, 3.8) is 0 Å². The topological polar surface area (TPSA) is 50.8 Å². The average Bonchev–Trinajstić information content (AvgIpc) is 2.34. The summed E-state index contributed by atoms with van der Waals surface area (Å²) in [5.41, 5.74) is -0.751. The number of hydrogen-bond acceptors (Lipinski definition) is 5. The largest absolute Gasteiger partial charge is 0.465 e. The van der Waals surface area contributed by atoms with E-state index < -0.39 is 5.54 Å². The maximum Gasteiger partial charge on any atom is 0.326 e. The van der Waals surface area contributed by atoms with Crippen LogP contribution in [0.4, 0.5) is 0 Å². The minimum atomic E-state index is -0.623. The SMILES string of the molecule is CCOC(=O)C(C)(CCN1CC(C)OC(C)(C)C1)NC. The number of nitrogens with zero attached hydrogens (tertiary/aromatic N) is 1. The second kappa shape index (κ2) is 6.87. The predicted molar refractivity (Wildman–Crippen MR) is 79.8 cm³/mol. The fraction of sp³-hybridized carbons (Fsp3) is 0.933. The molecule has 0 aromatic rings. The Morgan fingerprint density at radius 1 is 1.55 bits per heavy atom. The molecule has 1 heterocycles. The molecule has 0 aromatic carbocycles. The first-order chi connectivity index (χ1) is 9.22. The Kier molecular flexibility index (Phi) is 5.98. The van der Waals surface area contributed by atoms with Gasteiger partial charge in [0.1, 0.15) is 5.54 Å². The van der Waals surface area contributed by atoms with E-state index in [1.807, 2.05) is 20.9 Å². The zero-order chi connectivity index (χ0) is 15.4. The number of carbonyl (C=O) groups excluding carboxylic acids is 1. The van der Waals surface area contributed by atoms with Crippen molar-refractivity contribution in [2.24, 2.45) is 0 Å². The standard InChI is InChI=1S/C15H30N2O3/c1-7-19-13(18)15(5,16-6)8-9-17-10-12(2)20-14(3,4)11-17/h12,16H,7-11H2,1-6H3. The molecule has 5 nitrogen and oxygen atoms in total. The quantitative estimate of drug-likeness (QED) is 0.748. The van der Waals surface area contributed by atoms with E-state index in [0.29, 0.717) is 6.61 Å². The van der Waals surface area contributed by atoms with Gasteiger partial charge in [-0.25, -0.2) is 0 Å². The van der Waals surface area contributed by atoms with Crippen LogP contribution in [0.1, 0.15) is 41.0 Å². The molecular weight excluding hydrogens is 256 g/mol. The van der Waals surface area contributed by atoms with E-state index in [1.165, 1.54) is 0 Å². The van der Waals surface area contributed by atoms with Gasteiger partial charge in [0.05, 0.1) is 18.3 Å². The minimum Gasteiger partial charge on any atom is -0.465 e. The fourth-order valence-corrected chi connectivity index (χ4v) is 2.76. The molecule has 1 aliphatic heterocycles. The Labute approximate surface area is 123 Å². The van der Waals surface area contributed by atoms with Crippen LogP contribution in [0.5, 0.6) is 0 Å². The molecule has 118 valence electrons. The van der Waals surface area contributed by atoms with E-state index in [2.05, 4.69) is 31.0 Å². The molecule has 20 heavy (non-hydrogen) atoms. The van der Waals surface area contributed by atoms with E-state index in [9.17, 15) is 4.79 Å². The van der Waals surface area contributed by atoms with Crippen LogP contribution >= 0.6 is 0 Å². The van der Waals surface area contributed by atoms with Gasteiger partial charge >= 0.3 is 5.97 Å². The van der Waals surface area contributed by atoms with Crippen LogP contribution in [0, 0.1) is 0 Å². The summed E-state index contributed by atoms with van der Waals surface area (Å²) >= 11 is 0. The van der Waals surface area contributed by atoms with Crippen molar-refractivity contribution in [2.45, 2.75) is 58.3 Å². The number of nitrogens with one attached hydrogen (secondary N) is 1. The molecule has 0 aromatic heterocycles. The van der Waals surface area contributed by atoms with E-state index in [-0.39, 0.29) is 17.7 Å². The van der Waals surface area contributed by atoms with Gasteiger partial charge < -0.3 is 14.8 Å². The van der Waals surface area contributed by atoms with Gasteiger partial charge in [0.15, 0.2) is 0 Å². The maximum absolute atomic E-state index is 12.0. The first kappa shape index (κ1) is 17.4. The van der Waals surface area contributed by atoms with Crippen molar-refractivity contribution >= 4 is 5.97 Å². The van der Waals surface area contributed by atoms with Crippen LogP contribution in [0.15, 0.2) is 0 Å². The van der Waals surface area contributed by atoms with Crippen LogP contribution in [-0.4, -0.2) is 61.4 Å². The Balaban J connectivity index is 2.57. The lowest BCUT2D eigenvalue weighted by Crippen LogP contribution is -2.55. The first-order valence-electron chi connectivity index (χ1n) is 7.49. The van der Waals surface area contributed by atoms with Gasteiger partial charge in [-0.15, -0.1) is 0 Å². The Hall–Kier alpha value is -0.650. The highest BCUT2D eigenvalue weighted by molar-refractivity contribution is 5.80. The monoisotopic (exact) mass is 286 g/mol. The molecule has 0 spiro atoms. The van der Waals surface area contributed by atoms with Gasteiger partial charge in [0.2, 0.25) is 0 Å². The van der Waals surface area contributed by atoms with Crippen molar-refractivity contribution in [1.29, 1.82) is 0 Å². The van der Waals surface area contributed by atoms with Crippen molar-refractivity contribution in [2.75, 3.05) is 33.3 Å². The highest BCUT2D eigenvalue weighted by Crippen LogP contribution is 2.22. The molecule has 0 amide bonds. The number of carbonyl (C=O) groups is 1. The summed E-state index contributed by atoms with van der Waals surface area (Å²) < 4.78 is 11.1. The third kappa shape index (κ3) is 4.72. The lowest BCUT2D eigenvalue weighted by molar-refractivity contribution is -0.151. The Bertz CT molecular complexity index is 333. The molecule has 5 heteroatoms. The Morgan fingerprint density at radius 2 is 2.20 bits per heavy atom. The molecular formula is C15H30N2O3. The molecule has 1 N–H and O–H groups in total. The molecule has 1 saturated heterocycles. The van der Waals surface area contributed by atoms with Crippen molar-refractivity contribution in [1.82, 2.24) is 10.2 Å². The molecule has 1 fully saturated rings. The summed E-state index contributed by atoms with van der Waals surface area (Å²) in [5.74, 6) is -0.178. The number of rotatable bonds is 6. The normalized spacial score (nSPS) is 26.0. The van der Waals surface area contributed by atoms with Crippen LogP contribution < -0.4 is 5.32 Å². The van der Waals surface area contributed by atoms with E-state index in [1.54, 1.807) is 0 Å². The summed E-state index contributed by atoms with van der Waals surface area (Å²) in [4.78, 5) is 14.4. The van der Waals surface area contributed by atoms with Gasteiger partial charge in [0, 0.05) is 19.6 Å². The highest BCUT2D eigenvalue weighted by Gasteiger charge is 2.36. The van der Waals surface area contributed by atoms with Crippen LogP contribution in [0.3, 0.4) is 0 Å². The zero-order valence-electron chi connectivity index (χ0n) is 13.8. The lowest BCUT2D eigenvalue weighted by Gasteiger charge is -2.42. The summed E-state index contributed by atoms with van der Waals surface area (Å²) in [5, 5.41) is 3.10. The molecule has 1 aliphatic rings. The molecule has 2 atom stereocenters. The third-order valence-corrected chi connectivity index (χ3v) is 3.85. The summed E-state index contributed by atoms with van der Waals surface area (Å²) in [7, 11) is 1.81. The number of morpholine rings is 1. The predicted octanol–water partition coefficient (Wildman–Crippen LogP) is 1.42. The number of ether oxygens (including phenoxy) is 2. The molecule has 0 aliphatic carbocycles. The minimum absolute atomic E-state index is 0.127. The van der Waals surface area contributed by atoms with Crippen LogP contribution in [0.2, 0.25) is 0 Å². The van der Waals surface area contributed by atoms with Gasteiger partial charge in [-0.2, -0.15) is 0 Å². The molecule has 0 radical (unpaired) electrons. The number of likely N-dealkylation sites (N-methyl/N-ethyl adjacent to an activating group) is 1. The van der Waals surface area contributed by atoms with E-state index in [0.717, 1.165) is 26.1 Å². The first-order valence-corrected chi connectivity index (χ1v) is 7.49. The fourth-order valence-electron chi connectivity index (χ4n) is 2.76. The molecule has 1 rings (SSSR count). The zero-order valence-corrected chi connectivity index (χ0v) is 13.8. The second-order valence-corrected chi connectivity index (χ2v) is 6.48. The second-order valence-electron chi connectivity index (χ2n) is 6.48. The van der Waals surface area contributed by atoms with E-state index >= 15 is 0 Å². The summed E-state index contributed by atoms with van der Waals surface area (Å²) in [6.45, 7) is 13.1. The van der Waals surface area contributed by atoms with Gasteiger partial charge in [-0.05, 0) is 48.1 Å². The third-order valence-electron chi connectivity index (χ3n) is 3.85. The number of esters is 1. The molecule has 0 bridgehead atoms. The summed E-state index contributed by atoms with van der Waals surface area (Å²) in [6.07, 6.45) is 0.952. The van der Waals surface area contributed by atoms with Crippen LogP contribution in [0.25, 0.3) is 0 Å². The van der Waals surface area contributed by atoms with Crippen LogP contribution in [-0.2, 0) is 14.3 Å². The van der Waals surface area contributed by atoms with Gasteiger partial charge in [-0.3, -0.25) is 9.69 Å². The average molecular weight is 286 g/mol. The smallest absolute Gasteiger partial charge is 0.326 e. The van der Waals surface area contributed by atoms with Gasteiger partial charge in [-0.1, -0.05) is 0 Å². The lowest BCUT2D eigenvalue weighted by atomic mass is 9.96. The van der Waals surface area contributed by atoms with Gasteiger partial charge in [0.25, 0.3) is 0 Å². The van der Waals surface area contributed by atoms with Crippen molar-refractivity contribution in [3.05, 3.63) is 0 Å². The Morgan fingerprint density at radius 3 is 2.70 bits per heavy atom.